The molecule has 2 aromatic heterocycles. The third kappa shape index (κ3) is 2.70. The second kappa shape index (κ2) is 4.94. The van der Waals surface area contributed by atoms with Crippen LogP contribution in [0.4, 0.5) is 10.8 Å². The van der Waals surface area contributed by atoms with E-state index in [4.69, 9.17) is 6.57 Å². The molecule has 0 fully saturated rings. The molecule has 1 N–H and O–H groups in total. The number of aryl methyl sites for hydroxylation is 2. The number of amides is 1. The van der Waals surface area contributed by atoms with Crippen molar-refractivity contribution >= 4 is 28.1 Å². The molecule has 90 valence electrons. The molecular formula is C12H10N4OS. The monoisotopic (exact) mass is 258 g/mol. The van der Waals surface area contributed by atoms with Crippen LogP contribution in [0.15, 0.2) is 17.5 Å². The van der Waals surface area contributed by atoms with E-state index in [0.29, 0.717) is 16.5 Å². The highest BCUT2D eigenvalue weighted by Crippen LogP contribution is 2.18. The molecule has 0 unspecified atom stereocenters. The number of nitrogens with one attached hydrogen (secondary N) is 1. The summed E-state index contributed by atoms with van der Waals surface area (Å²) in [5, 5.41) is 5.04. The van der Waals surface area contributed by atoms with E-state index >= 15 is 0 Å². The lowest BCUT2D eigenvalue weighted by molar-refractivity contribution is 0.102. The number of aromatic nitrogens is 2. The van der Waals surface area contributed by atoms with Gasteiger partial charge < -0.3 is 0 Å². The molecule has 0 bridgehead atoms. The molecule has 0 aliphatic heterocycles. The first kappa shape index (κ1) is 12.2. The quantitative estimate of drug-likeness (QED) is 0.842. The Morgan fingerprint density at radius 1 is 1.33 bits per heavy atom. The van der Waals surface area contributed by atoms with E-state index in [2.05, 4.69) is 20.1 Å². The number of hydrogen-bond acceptors (Lipinski definition) is 4. The van der Waals surface area contributed by atoms with Crippen molar-refractivity contribution in [3.63, 3.8) is 0 Å². The summed E-state index contributed by atoms with van der Waals surface area (Å²) in [6, 6.07) is 3.10. The molecule has 0 atom stereocenters. The molecule has 0 saturated carbocycles. The molecule has 0 aliphatic carbocycles. The SMILES string of the molecule is [C-]#[N+]c1cc(C)nc(C(=O)Nc2nc(C)cs2)c1. The fourth-order valence-corrected chi connectivity index (χ4v) is 2.09. The van der Waals surface area contributed by atoms with Crippen molar-refractivity contribution in [2.45, 2.75) is 13.8 Å². The van der Waals surface area contributed by atoms with Crippen LogP contribution in [0.2, 0.25) is 0 Å². The Labute approximate surface area is 108 Å². The van der Waals surface area contributed by atoms with Gasteiger partial charge in [-0.25, -0.2) is 9.83 Å². The normalized spacial score (nSPS) is 9.83. The first-order valence-electron chi connectivity index (χ1n) is 5.18. The lowest BCUT2D eigenvalue weighted by Crippen LogP contribution is -2.13. The van der Waals surface area contributed by atoms with Gasteiger partial charge in [-0.1, -0.05) is 0 Å². The number of carbonyl (C=O) groups excluding carboxylic acids is 1. The maximum atomic E-state index is 11.9. The van der Waals surface area contributed by atoms with Crippen LogP contribution in [0.1, 0.15) is 21.9 Å². The van der Waals surface area contributed by atoms with Crippen LogP contribution < -0.4 is 5.32 Å². The second-order valence-electron chi connectivity index (χ2n) is 3.71. The highest BCUT2D eigenvalue weighted by atomic mass is 32.1. The molecule has 0 aromatic carbocycles. The fourth-order valence-electron chi connectivity index (χ4n) is 1.40. The number of rotatable bonds is 2. The van der Waals surface area contributed by atoms with Crippen molar-refractivity contribution in [1.29, 1.82) is 0 Å². The van der Waals surface area contributed by atoms with Gasteiger partial charge in [0.05, 0.1) is 12.3 Å². The summed E-state index contributed by atoms with van der Waals surface area (Å²) in [6.07, 6.45) is 0. The highest BCUT2D eigenvalue weighted by molar-refractivity contribution is 7.13. The molecule has 2 aromatic rings. The predicted octanol–water partition coefficient (Wildman–Crippen LogP) is 2.96. The van der Waals surface area contributed by atoms with Crippen LogP contribution in [0.3, 0.4) is 0 Å². The van der Waals surface area contributed by atoms with Crippen LogP contribution in [-0.4, -0.2) is 15.9 Å². The van der Waals surface area contributed by atoms with E-state index in [-0.39, 0.29) is 11.6 Å². The minimum absolute atomic E-state index is 0.230. The molecule has 5 nitrogen and oxygen atoms in total. The number of nitrogens with zero attached hydrogens (tertiary/aromatic N) is 3. The van der Waals surface area contributed by atoms with Gasteiger partial charge in [-0.05, 0) is 26.0 Å². The van der Waals surface area contributed by atoms with Crippen molar-refractivity contribution in [1.82, 2.24) is 9.97 Å². The van der Waals surface area contributed by atoms with Gasteiger partial charge in [-0.2, -0.15) is 0 Å². The zero-order valence-electron chi connectivity index (χ0n) is 9.89. The molecular weight excluding hydrogens is 248 g/mol. The van der Waals surface area contributed by atoms with E-state index in [0.717, 1.165) is 5.69 Å². The van der Waals surface area contributed by atoms with Gasteiger partial charge in [0.25, 0.3) is 5.91 Å². The van der Waals surface area contributed by atoms with E-state index in [9.17, 15) is 4.79 Å². The van der Waals surface area contributed by atoms with Gasteiger partial charge in [-0.3, -0.25) is 15.1 Å². The van der Waals surface area contributed by atoms with Gasteiger partial charge in [0, 0.05) is 11.1 Å². The third-order valence-electron chi connectivity index (χ3n) is 2.14. The van der Waals surface area contributed by atoms with Gasteiger partial charge in [0.2, 0.25) is 0 Å². The Morgan fingerprint density at radius 3 is 2.72 bits per heavy atom. The van der Waals surface area contributed by atoms with Crippen molar-refractivity contribution in [3.05, 3.63) is 46.0 Å². The van der Waals surface area contributed by atoms with E-state index in [1.165, 1.54) is 17.4 Å². The summed E-state index contributed by atoms with van der Waals surface area (Å²) in [7, 11) is 0. The molecule has 0 saturated heterocycles. The number of thiazole rings is 1. The number of hydrogen-bond donors (Lipinski definition) is 1. The minimum atomic E-state index is -0.349. The summed E-state index contributed by atoms with van der Waals surface area (Å²) < 4.78 is 0. The van der Waals surface area contributed by atoms with Gasteiger partial charge in [0.15, 0.2) is 10.8 Å². The minimum Gasteiger partial charge on any atom is -0.297 e. The van der Waals surface area contributed by atoms with Crippen LogP contribution >= 0.6 is 11.3 Å². The van der Waals surface area contributed by atoms with Gasteiger partial charge in [-0.15, -0.1) is 11.3 Å². The smallest absolute Gasteiger partial charge is 0.274 e. The number of pyridine rings is 1. The molecule has 6 heteroatoms. The molecule has 0 aliphatic rings. The van der Waals surface area contributed by atoms with Crippen molar-refractivity contribution in [3.8, 4) is 0 Å². The molecule has 18 heavy (non-hydrogen) atoms. The Balaban J connectivity index is 2.24. The molecule has 2 heterocycles. The lowest BCUT2D eigenvalue weighted by Gasteiger charge is -2.03. The molecule has 1 amide bonds. The second-order valence-corrected chi connectivity index (χ2v) is 4.57. The van der Waals surface area contributed by atoms with Gasteiger partial charge in [0.1, 0.15) is 5.69 Å². The van der Waals surface area contributed by atoms with E-state index in [1.807, 2.05) is 12.3 Å². The highest BCUT2D eigenvalue weighted by Gasteiger charge is 2.11. The first-order valence-corrected chi connectivity index (χ1v) is 6.06. The average molecular weight is 258 g/mol. The largest absolute Gasteiger partial charge is 0.297 e. The summed E-state index contributed by atoms with van der Waals surface area (Å²) >= 11 is 1.36. The Bertz CT molecular complexity index is 642. The zero-order valence-corrected chi connectivity index (χ0v) is 10.7. The molecule has 0 radical (unpaired) electrons. The number of carbonyl (C=O) groups is 1. The molecule has 2 rings (SSSR count). The van der Waals surface area contributed by atoms with Gasteiger partial charge >= 0.3 is 0 Å². The first-order chi connectivity index (χ1) is 8.58. The topological polar surface area (TPSA) is 59.2 Å². The van der Waals surface area contributed by atoms with Crippen molar-refractivity contribution in [2.75, 3.05) is 5.32 Å². The summed E-state index contributed by atoms with van der Waals surface area (Å²) in [6.45, 7) is 10.6. The summed E-state index contributed by atoms with van der Waals surface area (Å²) in [5.74, 6) is -0.349. The fraction of sp³-hybridized carbons (Fsp3) is 0.167. The maximum absolute atomic E-state index is 11.9. The van der Waals surface area contributed by atoms with Crippen molar-refractivity contribution in [2.24, 2.45) is 0 Å². The Kier molecular flexibility index (Phi) is 3.35. The predicted molar refractivity (Wildman–Crippen MR) is 70.0 cm³/mol. The van der Waals surface area contributed by atoms with E-state index < -0.39 is 0 Å². The maximum Gasteiger partial charge on any atom is 0.274 e. The van der Waals surface area contributed by atoms with Crippen LogP contribution in [0.5, 0.6) is 0 Å². The average Bonchev–Trinajstić information content (AvgIpc) is 2.73. The summed E-state index contributed by atoms with van der Waals surface area (Å²) in [4.78, 5) is 23.5. The van der Waals surface area contributed by atoms with E-state index in [1.54, 1.807) is 13.0 Å². The van der Waals surface area contributed by atoms with Crippen LogP contribution in [0, 0.1) is 20.4 Å². The van der Waals surface area contributed by atoms with Crippen LogP contribution in [-0.2, 0) is 0 Å². The molecule has 0 spiro atoms. The lowest BCUT2D eigenvalue weighted by atomic mass is 10.2. The van der Waals surface area contributed by atoms with Crippen molar-refractivity contribution < 1.29 is 4.79 Å². The number of anilines is 1. The third-order valence-corrected chi connectivity index (χ3v) is 3.01. The Hall–Kier alpha value is -2.26. The summed E-state index contributed by atoms with van der Waals surface area (Å²) in [5.41, 5.74) is 2.13. The Morgan fingerprint density at radius 2 is 2.11 bits per heavy atom. The van der Waals surface area contributed by atoms with Crippen LogP contribution in [0.25, 0.3) is 4.85 Å². The standard InChI is InChI=1S/C12H10N4OS/c1-7-4-9(13-3)5-10(14-7)11(17)16-12-15-8(2)6-18-12/h4-6H,1-2H3,(H,15,16,17). The zero-order chi connectivity index (χ0) is 13.1.